The van der Waals surface area contributed by atoms with Crippen molar-refractivity contribution in [1.29, 1.82) is 0 Å². The first-order chi connectivity index (χ1) is 15.3. The van der Waals surface area contributed by atoms with E-state index >= 15 is 0 Å². The number of nitrogens with one attached hydrogen (secondary N) is 2. The van der Waals surface area contributed by atoms with Crippen LogP contribution in [0.5, 0.6) is 5.75 Å². The number of carboxylic acid groups (broad SMARTS) is 1. The first-order valence-corrected chi connectivity index (χ1v) is 11.6. The number of carboxylic acids is 1. The van der Waals surface area contributed by atoms with E-state index in [-0.39, 0.29) is 26.2 Å². The fourth-order valence-corrected chi connectivity index (χ4v) is 4.87. The molecule has 32 heavy (non-hydrogen) atoms. The van der Waals surface area contributed by atoms with Crippen molar-refractivity contribution in [2.75, 3.05) is 11.3 Å². The van der Waals surface area contributed by atoms with Gasteiger partial charge in [0.2, 0.25) is 0 Å². The van der Waals surface area contributed by atoms with Crippen LogP contribution < -0.4 is 14.9 Å². The van der Waals surface area contributed by atoms with Crippen molar-refractivity contribution >= 4 is 56.7 Å². The summed E-state index contributed by atoms with van der Waals surface area (Å²) in [6, 6.07) is 13.9. The maximum absolute atomic E-state index is 12.7. The van der Waals surface area contributed by atoms with E-state index in [1.54, 1.807) is 35.7 Å². The molecule has 3 N–H and O–H groups in total. The van der Waals surface area contributed by atoms with Crippen molar-refractivity contribution in [3.05, 3.63) is 76.1 Å². The van der Waals surface area contributed by atoms with Crippen LogP contribution >= 0.6 is 22.9 Å². The number of aliphatic carboxylic acids is 1. The molecule has 166 valence electrons. The molecule has 0 unspecified atom stereocenters. The lowest BCUT2D eigenvalue weighted by atomic mass is 10.2. The minimum absolute atomic E-state index is 0.0363. The lowest BCUT2D eigenvalue weighted by Crippen LogP contribution is -2.21. The van der Waals surface area contributed by atoms with Crippen LogP contribution in [0.4, 0.5) is 5.69 Å². The number of hydrazone groups is 1. The standard InChI is InChI=1S/C20H16ClN3O6S2/c21-15-7-3-6-14(19(15)24-32(28,29)18-9-4-10-31-18)20(27)23-22-11-13-5-1-2-8-16(13)30-12-17(25)26/h1-11,24H,12H2,(H,23,27)(H,25,26). The predicted molar refractivity (Wildman–Crippen MR) is 121 cm³/mol. The third-order valence-corrected chi connectivity index (χ3v) is 6.96. The van der Waals surface area contributed by atoms with Crippen LogP contribution in [0.2, 0.25) is 5.02 Å². The Labute approximate surface area is 192 Å². The summed E-state index contributed by atoms with van der Waals surface area (Å²) in [5, 5.41) is 14.3. The average Bonchev–Trinajstić information content (AvgIpc) is 3.30. The average molecular weight is 494 g/mol. The Balaban J connectivity index is 1.78. The van der Waals surface area contributed by atoms with Crippen LogP contribution in [0, 0.1) is 0 Å². The molecule has 0 saturated carbocycles. The third kappa shape index (κ3) is 5.84. The number of hydrogen-bond acceptors (Lipinski definition) is 7. The van der Waals surface area contributed by atoms with Crippen LogP contribution in [-0.4, -0.2) is 38.2 Å². The van der Waals surface area contributed by atoms with Crippen molar-refractivity contribution in [3.63, 3.8) is 0 Å². The van der Waals surface area contributed by atoms with Gasteiger partial charge in [-0.25, -0.2) is 18.6 Å². The number of benzene rings is 2. The highest BCUT2D eigenvalue weighted by Gasteiger charge is 2.21. The van der Waals surface area contributed by atoms with Crippen molar-refractivity contribution in [2.45, 2.75) is 4.21 Å². The highest BCUT2D eigenvalue weighted by Crippen LogP contribution is 2.29. The Morgan fingerprint density at radius 3 is 2.62 bits per heavy atom. The van der Waals surface area contributed by atoms with Gasteiger partial charge in [0.05, 0.1) is 22.5 Å². The summed E-state index contributed by atoms with van der Waals surface area (Å²) in [6.45, 7) is -0.534. The lowest BCUT2D eigenvalue weighted by Gasteiger charge is -2.12. The number of carbonyl (C=O) groups excluding carboxylic acids is 1. The third-order valence-electron chi connectivity index (χ3n) is 3.89. The van der Waals surface area contributed by atoms with E-state index in [0.717, 1.165) is 11.3 Å². The van der Waals surface area contributed by atoms with Crippen LogP contribution in [-0.2, 0) is 14.8 Å². The summed E-state index contributed by atoms with van der Waals surface area (Å²) in [4.78, 5) is 23.4. The van der Waals surface area contributed by atoms with Gasteiger partial charge in [-0.3, -0.25) is 9.52 Å². The summed E-state index contributed by atoms with van der Waals surface area (Å²) in [7, 11) is -3.93. The van der Waals surface area contributed by atoms with E-state index in [9.17, 15) is 18.0 Å². The number of sulfonamides is 1. The van der Waals surface area contributed by atoms with Gasteiger partial charge in [0.15, 0.2) is 6.61 Å². The fraction of sp³-hybridized carbons (Fsp3) is 0.0500. The molecule has 2 aromatic carbocycles. The molecule has 1 aromatic heterocycles. The number of para-hydroxylation sites is 2. The number of halogens is 1. The monoisotopic (exact) mass is 493 g/mol. The van der Waals surface area contributed by atoms with Crippen LogP contribution in [0.25, 0.3) is 0 Å². The number of thiophene rings is 1. The molecule has 0 bridgehead atoms. The van der Waals surface area contributed by atoms with Crippen LogP contribution in [0.15, 0.2) is 69.3 Å². The second kappa shape index (κ2) is 10.3. The maximum Gasteiger partial charge on any atom is 0.341 e. The molecule has 1 heterocycles. The fourth-order valence-electron chi connectivity index (χ4n) is 2.50. The van der Waals surface area contributed by atoms with Crippen LogP contribution in [0.3, 0.4) is 0 Å². The number of rotatable bonds is 9. The first-order valence-electron chi connectivity index (χ1n) is 8.90. The van der Waals surface area contributed by atoms with Gasteiger partial charge in [-0.15, -0.1) is 11.3 Å². The van der Waals surface area contributed by atoms with E-state index < -0.39 is 28.5 Å². The zero-order chi connectivity index (χ0) is 23.1. The first kappa shape index (κ1) is 23.3. The Bertz CT molecular complexity index is 1260. The number of nitrogens with zero attached hydrogens (tertiary/aromatic N) is 1. The van der Waals surface area contributed by atoms with Gasteiger partial charge in [-0.2, -0.15) is 5.10 Å². The molecular weight excluding hydrogens is 478 g/mol. The van der Waals surface area contributed by atoms with Crippen molar-refractivity contribution in [3.8, 4) is 5.75 Å². The largest absolute Gasteiger partial charge is 0.481 e. The number of hydrogen-bond donors (Lipinski definition) is 3. The normalized spacial score (nSPS) is 11.3. The minimum atomic E-state index is -3.93. The van der Waals surface area contributed by atoms with E-state index in [4.69, 9.17) is 21.4 Å². The molecule has 0 aliphatic heterocycles. The molecule has 0 spiro atoms. The van der Waals surface area contributed by atoms with E-state index in [1.807, 2.05) is 0 Å². The minimum Gasteiger partial charge on any atom is -0.481 e. The molecule has 0 atom stereocenters. The zero-order valence-corrected chi connectivity index (χ0v) is 18.6. The van der Waals surface area contributed by atoms with Gasteiger partial charge < -0.3 is 9.84 Å². The molecule has 0 fully saturated rings. The molecule has 0 saturated heterocycles. The number of ether oxygens (including phenoxy) is 1. The Morgan fingerprint density at radius 2 is 1.91 bits per heavy atom. The molecule has 3 aromatic rings. The smallest absolute Gasteiger partial charge is 0.341 e. The molecule has 0 aliphatic carbocycles. The quantitative estimate of drug-likeness (QED) is 0.309. The Kier molecular flexibility index (Phi) is 7.46. The van der Waals surface area contributed by atoms with Gasteiger partial charge in [-0.05, 0) is 35.7 Å². The molecule has 0 radical (unpaired) electrons. The number of anilines is 1. The number of amides is 1. The van der Waals surface area contributed by atoms with Gasteiger partial charge in [-0.1, -0.05) is 35.9 Å². The van der Waals surface area contributed by atoms with Crippen molar-refractivity contribution in [2.24, 2.45) is 5.10 Å². The lowest BCUT2D eigenvalue weighted by molar-refractivity contribution is -0.139. The highest BCUT2D eigenvalue weighted by molar-refractivity contribution is 7.94. The Hall–Kier alpha value is -3.41. The maximum atomic E-state index is 12.7. The van der Waals surface area contributed by atoms with E-state index in [1.165, 1.54) is 30.5 Å². The van der Waals surface area contributed by atoms with E-state index in [0.29, 0.717) is 5.56 Å². The number of carbonyl (C=O) groups is 2. The van der Waals surface area contributed by atoms with E-state index in [2.05, 4.69) is 15.2 Å². The van der Waals surface area contributed by atoms with Gasteiger partial charge >= 0.3 is 5.97 Å². The van der Waals surface area contributed by atoms with Crippen LogP contribution in [0.1, 0.15) is 15.9 Å². The molecule has 0 aliphatic rings. The summed E-state index contributed by atoms with van der Waals surface area (Å²) in [6.07, 6.45) is 1.27. The Morgan fingerprint density at radius 1 is 1.12 bits per heavy atom. The van der Waals surface area contributed by atoms with Crippen molar-refractivity contribution in [1.82, 2.24) is 5.43 Å². The molecular formula is C20H16ClN3O6S2. The topological polar surface area (TPSA) is 134 Å². The zero-order valence-electron chi connectivity index (χ0n) is 16.2. The van der Waals surface area contributed by atoms with Gasteiger partial charge in [0.25, 0.3) is 15.9 Å². The summed E-state index contributed by atoms with van der Waals surface area (Å²) >= 11 is 7.17. The SMILES string of the molecule is O=C(O)COc1ccccc1C=NNC(=O)c1cccc(Cl)c1NS(=O)(=O)c1cccs1. The molecule has 9 nitrogen and oxygen atoms in total. The highest BCUT2D eigenvalue weighted by atomic mass is 35.5. The molecule has 3 rings (SSSR count). The summed E-state index contributed by atoms with van der Waals surface area (Å²) in [5.41, 5.74) is 2.61. The molecule has 1 amide bonds. The van der Waals surface area contributed by atoms with Gasteiger partial charge in [0, 0.05) is 5.56 Å². The summed E-state index contributed by atoms with van der Waals surface area (Å²) < 4.78 is 32.7. The second-order valence-electron chi connectivity index (χ2n) is 6.12. The van der Waals surface area contributed by atoms with Gasteiger partial charge in [0.1, 0.15) is 9.96 Å². The summed E-state index contributed by atoms with van der Waals surface area (Å²) in [5.74, 6) is -1.58. The predicted octanol–water partition coefficient (Wildman–Crippen LogP) is 3.43. The molecule has 12 heteroatoms. The van der Waals surface area contributed by atoms with Crippen molar-refractivity contribution < 1.29 is 27.9 Å². The second-order valence-corrected chi connectivity index (χ2v) is 9.38.